The Morgan fingerprint density at radius 2 is 1.56 bits per heavy atom. The number of nitrogens with zero attached hydrogens (tertiary/aromatic N) is 3. The van der Waals surface area contributed by atoms with E-state index in [0.29, 0.717) is 30.3 Å². The second-order valence-corrected chi connectivity index (χ2v) is 8.02. The summed E-state index contributed by atoms with van der Waals surface area (Å²) in [7, 11) is 0. The number of carbonyl (C=O) groups is 1. The maximum atomic E-state index is 13.2. The van der Waals surface area contributed by atoms with Crippen molar-refractivity contribution in [2.75, 3.05) is 26.2 Å². The molecule has 1 aromatic heterocycles. The number of benzene rings is 3. The van der Waals surface area contributed by atoms with Crippen LogP contribution in [0.1, 0.15) is 15.9 Å². The van der Waals surface area contributed by atoms with Crippen molar-refractivity contribution in [3.05, 3.63) is 102 Å². The number of ether oxygens (including phenoxy) is 1. The van der Waals surface area contributed by atoms with Crippen LogP contribution in [0.4, 0.5) is 0 Å². The average Bonchev–Trinajstić information content (AvgIpc) is 2.85. The molecule has 0 aliphatic carbocycles. The van der Waals surface area contributed by atoms with Crippen LogP contribution >= 0.6 is 0 Å². The van der Waals surface area contributed by atoms with Gasteiger partial charge in [0.15, 0.2) is 0 Å². The van der Waals surface area contributed by atoms with Crippen LogP contribution in [0.5, 0.6) is 11.6 Å². The van der Waals surface area contributed by atoms with Crippen molar-refractivity contribution in [1.29, 1.82) is 0 Å². The first kappa shape index (κ1) is 20.2. The Balaban J connectivity index is 1.23. The number of pyridine rings is 1. The lowest BCUT2D eigenvalue weighted by atomic mass is 10.1. The number of rotatable bonds is 5. The number of aromatic nitrogens is 1. The number of carbonyl (C=O) groups excluding carboxylic acids is 1. The molecule has 0 atom stereocenters. The number of amides is 1. The second-order valence-electron chi connectivity index (χ2n) is 8.02. The van der Waals surface area contributed by atoms with Gasteiger partial charge in [-0.25, -0.2) is 4.98 Å². The van der Waals surface area contributed by atoms with Gasteiger partial charge < -0.3 is 9.64 Å². The van der Waals surface area contributed by atoms with Gasteiger partial charge in [0, 0.05) is 38.9 Å². The first-order valence-corrected chi connectivity index (χ1v) is 10.9. The van der Waals surface area contributed by atoms with Gasteiger partial charge in [-0.3, -0.25) is 9.69 Å². The fraction of sp³-hybridized carbons (Fsp3) is 0.185. The molecule has 3 aromatic carbocycles. The summed E-state index contributed by atoms with van der Waals surface area (Å²) in [5.41, 5.74) is 1.80. The van der Waals surface area contributed by atoms with Gasteiger partial charge in [-0.05, 0) is 46.7 Å². The Morgan fingerprint density at radius 1 is 0.812 bits per heavy atom. The van der Waals surface area contributed by atoms with E-state index in [1.54, 1.807) is 18.3 Å². The summed E-state index contributed by atoms with van der Waals surface area (Å²) in [6.45, 7) is 3.95. The van der Waals surface area contributed by atoms with Gasteiger partial charge in [0.2, 0.25) is 5.88 Å². The molecule has 5 nitrogen and oxygen atoms in total. The topological polar surface area (TPSA) is 45.7 Å². The number of hydrogen-bond acceptors (Lipinski definition) is 4. The summed E-state index contributed by atoms with van der Waals surface area (Å²) in [5, 5.41) is 2.53. The van der Waals surface area contributed by atoms with E-state index in [4.69, 9.17) is 4.74 Å². The van der Waals surface area contributed by atoms with Crippen molar-refractivity contribution < 1.29 is 9.53 Å². The molecule has 1 saturated heterocycles. The number of fused-ring (bicyclic) bond motifs is 1. The van der Waals surface area contributed by atoms with Gasteiger partial charge in [-0.2, -0.15) is 0 Å². The van der Waals surface area contributed by atoms with Gasteiger partial charge in [-0.15, -0.1) is 0 Å². The van der Waals surface area contributed by atoms with E-state index >= 15 is 0 Å². The minimum Gasteiger partial charge on any atom is -0.438 e. The quantitative estimate of drug-likeness (QED) is 0.454. The molecule has 1 fully saturated rings. The summed E-state index contributed by atoms with van der Waals surface area (Å²) in [5.74, 6) is 0.983. The van der Waals surface area contributed by atoms with E-state index in [1.807, 2.05) is 35.2 Å². The molecule has 5 rings (SSSR count). The largest absolute Gasteiger partial charge is 0.438 e. The molecule has 2 heterocycles. The molecule has 0 spiro atoms. The Morgan fingerprint density at radius 3 is 2.38 bits per heavy atom. The zero-order chi connectivity index (χ0) is 21.8. The smallest absolute Gasteiger partial charge is 0.259 e. The van der Waals surface area contributed by atoms with Crippen LogP contribution in [0.25, 0.3) is 10.8 Å². The molecule has 160 valence electrons. The molecular formula is C27H25N3O2. The fourth-order valence-corrected chi connectivity index (χ4v) is 4.11. The highest BCUT2D eigenvalue weighted by Gasteiger charge is 2.25. The van der Waals surface area contributed by atoms with Gasteiger partial charge in [0.05, 0.1) is 0 Å². The first-order chi connectivity index (χ1) is 15.8. The monoisotopic (exact) mass is 423 g/mol. The normalized spacial score (nSPS) is 14.4. The molecule has 4 aromatic rings. The predicted molar refractivity (Wildman–Crippen MR) is 126 cm³/mol. The molecule has 0 radical (unpaired) electrons. The van der Waals surface area contributed by atoms with E-state index in [1.165, 1.54) is 16.3 Å². The van der Waals surface area contributed by atoms with Crippen molar-refractivity contribution in [2.24, 2.45) is 0 Å². The maximum absolute atomic E-state index is 13.2. The lowest BCUT2D eigenvalue weighted by Crippen LogP contribution is -2.48. The van der Waals surface area contributed by atoms with Crippen molar-refractivity contribution in [3.8, 4) is 11.6 Å². The zero-order valence-electron chi connectivity index (χ0n) is 17.9. The third-order valence-electron chi connectivity index (χ3n) is 5.84. The number of hydrogen-bond donors (Lipinski definition) is 0. The number of para-hydroxylation sites is 1. The third kappa shape index (κ3) is 4.48. The Labute approximate surface area is 187 Å². The van der Waals surface area contributed by atoms with Gasteiger partial charge in [-0.1, -0.05) is 54.6 Å². The SMILES string of the molecule is O=C(c1cccnc1Oc1ccccc1)N1CCN(Cc2ccc3ccccc3c2)CC1. The van der Waals surface area contributed by atoms with Crippen LogP contribution in [0, 0.1) is 0 Å². The molecule has 0 saturated carbocycles. The second kappa shape index (κ2) is 9.20. The van der Waals surface area contributed by atoms with E-state index in [2.05, 4.69) is 52.3 Å². The van der Waals surface area contributed by atoms with Crippen molar-refractivity contribution in [3.63, 3.8) is 0 Å². The molecule has 32 heavy (non-hydrogen) atoms. The average molecular weight is 424 g/mol. The number of piperazine rings is 1. The summed E-state index contributed by atoms with van der Waals surface area (Å²) in [6, 6.07) is 28.1. The van der Waals surface area contributed by atoms with Crippen LogP contribution in [-0.4, -0.2) is 46.9 Å². The van der Waals surface area contributed by atoms with E-state index in [-0.39, 0.29) is 5.91 Å². The molecule has 1 aliphatic rings. The highest BCUT2D eigenvalue weighted by Crippen LogP contribution is 2.24. The van der Waals surface area contributed by atoms with Crippen LogP contribution in [0.15, 0.2) is 91.1 Å². The Kier molecular flexibility index (Phi) is 5.81. The molecule has 0 N–H and O–H groups in total. The lowest BCUT2D eigenvalue weighted by Gasteiger charge is -2.35. The van der Waals surface area contributed by atoms with Crippen LogP contribution in [-0.2, 0) is 6.54 Å². The minimum atomic E-state index is -0.0330. The Hall–Kier alpha value is -3.70. The molecule has 0 unspecified atom stereocenters. The van der Waals surface area contributed by atoms with Gasteiger partial charge in [0.1, 0.15) is 11.3 Å². The van der Waals surface area contributed by atoms with Crippen LogP contribution in [0.3, 0.4) is 0 Å². The highest BCUT2D eigenvalue weighted by molar-refractivity contribution is 5.96. The molecule has 1 aliphatic heterocycles. The fourth-order valence-electron chi connectivity index (χ4n) is 4.11. The van der Waals surface area contributed by atoms with E-state index < -0.39 is 0 Å². The van der Waals surface area contributed by atoms with E-state index in [0.717, 1.165) is 19.6 Å². The van der Waals surface area contributed by atoms with Crippen molar-refractivity contribution in [1.82, 2.24) is 14.8 Å². The Bertz CT molecular complexity index is 1220. The summed E-state index contributed by atoms with van der Waals surface area (Å²) in [4.78, 5) is 21.8. The zero-order valence-corrected chi connectivity index (χ0v) is 17.9. The van der Waals surface area contributed by atoms with Crippen LogP contribution in [0.2, 0.25) is 0 Å². The highest BCUT2D eigenvalue weighted by atomic mass is 16.5. The van der Waals surface area contributed by atoms with Crippen molar-refractivity contribution >= 4 is 16.7 Å². The van der Waals surface area contributed by atoms with Crippen LogP contribution < -0.4 is 4.74 Å². The van der Waals surface area contributed by atoms with Gasteiger partial charge in [0.25, 0.3) is 5.91 Å². The lowest BCUT2D eigenvalue weighted by molar-refractivity contribution is 0.0625. The van der Waals surface area contributed by atoms with Gasteiger partial charge >= 0.3 is 0 Å². The van der Waals surface area contributed by atoms with Crippen molar-refractivity contribution in [2.45, 2.75) is 6.54 Å². The molecular weight excluding hydrogens is 398 g/mol. The minimum absolute atomic E-state index is 0.0330. The third-order valence-corrected chi connectivity index (χ3v) is 5.84. The molecule has 5 heteroatoms. The van der Waals surface area contributed by atoms with E-state index in [9.17, 15) is 4.79 Å². The maximum Gasteiger partial charge on any atom is 0.259 e. The summed E-state index contributed by atoms with van der Waals surface area (Å²) < 4.78 is 5.89. The molecule has 0 bridgehead atoms. The molecule has 1 amide bonds. The predicted octanol–water partition coefficient (Wildman–Crippen LogP) is 4.99. The first-order valence-electron chi connectivity index (χ1n) is 10.9. The summed E-state index contributed by atoms with van der Waals surface area (Å²) >= 11 is 0. The summed E-state index contributed by atoms with van der Waals surface area (Å²) in [6.07, 6.45) is 1.65. The standard InChI is InChI=1S/C27H25N3O2/c31-27(25-11-6-14-28-26(25)32-24-9-2-1-3-10-24)30-17-15-29(16-18-30)20-21-12-13-22-7-4-5-8-23(22)19-21/h1-14,19H,15-18,20H2.